The molecule has 1 atom stereocenters. The van der Waals surface area contributed by atoms with Gasteiger partial charge in [0.25, 0.3) is 0 Å². The lowest BCUT2D eigenvalue weighted by Gasteiger charge is -2.34. The van der Waals surface area contributed by atoms with Crippen LogP contribution in [0, 0.1) is 5.41 Å². The summed E-state index contributed by atoms with van der Waals surface area (Å²) in [5, 5.41) is 9.75. The summed E-state index contributed by atoms with van der Waals surface area (Å²) in [5.74, 6) is 0. The fraction of sp³-hybridized carbons (Fsp3) is 0.514. The predicted octanol–water partition coefficient (Wildman–Crippen LogP) is 9.11. The molecule has 1 unspecified atom stereocenters. The number of pyridine rings is 1. The van der Waals surface area contributed by atoms with Gasteiger partial charge in [-0.3, -0.25) is 4.98 Å². The molecule has 1 aromatic carbocycles. The van der Waals surface area contributed by atoms with Crippen molar-refractivity contribution in [1.82, 2.24) is 20.6 Å². The summed E-state index contributed by atoms with van der Waals surface area (Å²) in [6, 6.07) is 9.16. The van der Waals surface area contributed by atoms with E-state index < -0.39 is 0 Å². The number of aryl methyl sites for hydroxylation is 1. The number of hydrogen-bond acceptors (Lipinski definition) is 3. The van der Waals surface area contributed by atoms with Gasteiger partial charge in [0.05, 0.1) is 6.04 Å². The van der Waals surface area contributed by atoms with Gasteiger partial charge in [0.1, 0.15) is 0 Å². The average molecular weight is 527 g/mol. The number of aromatic nitrogens is 2. The summed E-state index contributed by atoms with van der Waals surface area (Å²) in [5.41, 5.74) is 9.43. The van der Waals surface area contributed by atoms with Crippen LogP contribution in [0.1, 0.15) is 97.5 Å². The van der Waals surface area contributed by atoms with Gasteiger partial charge in [0.2, 0.25) is 0 Å². The second-order valence-electron chi connectivity index (χ2n) is 12.7. The van der Waals surface area contributed by atoms with Crippen LogP contribution in [0.4, 0.5) is 0 Å². The average Bonchev–Trinajstić information content (AvgIpc) is 3.69. The van der Waals surface area contributed by atoms with Crippen LogP contribution in [0.5, 0.6) is 0 Å². The minimum Gasteiger partial charge on any atom is -0.389 e. The maximum atomic E-state index is 4.35. The van der Waals surface area contributed by atoms with E-state index in [0.29, 0.717) is 6.04 Å². The first-order valence-corrected chi connectivity index (χ1v) is 15.1. The first-order valence-electron chi connectivity index (χ1n) is 15.1. The minimum absolute atomic E-state index is 0.215. The highest BCUT2D eigenvalue weighted by Gasteiger charge is 2.30. The molecule has 3 aromatic rings. The third-order valence-electron chi connectivity index (χ3n) is 8.17. The third kappa shape index (κ3) is 8.49. The molecule has 39 heavy (non-hydrogen) atoms. The topological polar surface area (TPSA) is 52.7 Å². The lowest BCUT2D eigenvalue weighted by atomic mass is 9.82. The summed E-state index contributed by atoms with van der Waals surface area (Å²) in [4.78, 5) is 7.78. The van der Waals surface area contributed by atoms with E-state index >= 15 is 0 Å². The largest absolute Gasteiger partial charge is 0.389 e. The van der Waals surface area contributed by atoms with Crippen molar-refractivity contribution in [3.05, 3.63) is 77.9 Å². The number of allylic oxidation sites excluding steroid dienone is 3. The molecule has 3 N–H and O–H groups in total. The summed E-state index contributed by atoms with van der Waals surface area (Å²) in [6.07, 6.45) is 17.0. The number of nitrogens with zero attached hydrogens (tertiary/aromatic N) is 1. The van der Waals surface area contributed by atoms with Gasteiger partial charge in [0.15, 0.2) is 0 Å². The summed E-state index contributed by atoms with van der Waals surface area (Å²) in [6.45, 7) is 18.9. The molecule has 1 saturated carbocycles. The van der Waals surface area contributed by atoms with Gasteiger partial charge < -0.3 is 15.6 Å². The lowest BCUT2D eigenvalue weighted by Crippen LogP contribution is -2.40. The first kappa shape index (κ1) is 29.0. The van der Waals surface area contributed by atoms with Crippen molar-refractivity contribution in [2.75, 3.05) is 6.54 Å². The van der Waals surface area contributed by atoms with E-state index in [9.17, 15) is 0 Å². The standard InChI is InChI=1S/C35H50N4/c1-25(14-15-28-16-19-30-31-24-36-22-20-32(31)39-33(30)23-28)37-21-12-10-8-7-9-11-13-26(2)38-34(35(4,5)6)27(3)29-17-18-29/h16,19-20,22-24,34,37-39H,1-2,7-15,17-18,21H2,3-6H3. The molecule has 0 radical (unpaired) electrons. The lowest BCUT2D eigenvalue weighted by molar-refractivity contribution is 0.314. The Hall–Kier alpha value is -3.01. The summed E-state index contributed by atoms with van der Waals surface area (Å²) < 4.78 is 0. The monoisotopic (exact) mass is 526 g/mol. The van der Waals surface area contributed by atoms with E-state index in [4.69, 9.17) is 0 Å². The number of unbranched alkanes of at least 4 members (excludes halogenated alkanes) is 5. The van der Waals surface area contributed by atoms with Crippen molar-refractivity contribution >= 4 is 21.8 Å². The number of H-pyrrole nitrogens is 1. The van der Waals surface area contributed by atoms with Crippen LogP contribution in [-0.4, -0.2) is 22.6 Å². The Morgan fingerprint density at radius 2 is 1.67 bits per heavy atom. The van der Waals surface area contributed by atoms with Crippen LogP contribution in [0.2, 0.25) is 0 Å². The van der Waals surface area contributed by atoms with Gasteiger partial charge in [-0.25, -0.2) is 0 Å². The van der Waals surface area contributed by atoms with Crippen molar-refractivity contribution in [3.8, 4) is 0 Å². The van der Waals surface area contributed by atoms with Crippen LogP contribution in [0.25, 0.3) is 21.8 Å². The van der Waals surface area contributed by atoms with Gasteiger partial charge in [-0.1, -0.05) is 82.9 Å². The number of aromatic amines is 1. The fourth-order valence-electron chi connectivity index (χ4n) is 5.68. The van der Waals surface area contributed by atoms with Gasteiger partial charge in [-0.05, 0) is 75.0 Å². The molecule has 0 aliphatic heterocycles. The second-order valence-corrected chi connectivity index (χ2v) is 12.7. The Balaban J connectivity index is 1.03. The number of benzene rings is 1. The van der Waals surface area contributed by atoms with Crippen molar-refractivity contribution in [2.24, 2.45) is 5.41 Å². The number of nitrogens with one attached hydrogen (secondary N) is 3. The maximum Gasteiger partial charge on any atom is 0.0518 e. The Kier molecular flexibility index (Phi) is 9.94. The highest BCUT2D eigenvalue weighted by Crippen LogP contribution is 2.37. The quantitative estimate of drug-likeness (QED) is 0.129. The van der Waals surface area contributed by atoms with Gasteiger partial charge in [0, 0.05) is 52.1 Å². The Labute approximate surface area is 236 Å². The molecule has 0 amide bonds. The summed E-state index contributed by atoms with van der Waals surface area (Å²) in [7, 11) is 0. The van der Waals surface area contributed by atoms with Gasteiger partial charge in [-0.15, -0.1) is 0 Å². The smallest absolute Gasteiger partial charge is 0.0518 e. The van der Waals surface area contributed by atoms with Crippen molar-refractivity contribution in [1.29, 1.82) is 0 Å². The molecule has 210 valence electrons. The normalized spacial score (nSPS) is 14.0. The van der Waals surface area contributed by atoms with E-state index in [1.54, 1.807) is 11.1 Å². The van der Waals surface area contributed by atoms with Crippen LogP contribution in [-0.2, 0) is 6.42 Å². The third-order valence-corrected chi connectivity index (χ3v) is 8.17. The van der Waals surface area contributed by atoms with Gasteiger partial charge in [-0.2, -0.15) is 0 Å². The van der Waals surface area contributed by atoms with Crippen LogP contribution >= 0.6 is 0 Å². The van der Waals surface area contributed by atoms with Crippen molar-refractivity contribution in [3.63, 3.8) is 0 Å². The number of fused-ring (bicyclic) bond motifs is 3. The number of rotatable bonds is 16. The molecule has 0 bridgehead atoms. The molecule has 0 spiro atoms. The predicted molar refractivity (Wildman–Crippen MR) is 169 cm³/mol. The SMILES string of the molecule is C=C(CCc1ccc2c(c1)[nH]c1ccncc12)NCCCCCCCCC(=C)NC(C(C)=C1CC1)C(C)(C)C. The zero-order valence-corrected chi connectivity index (χ0v) is 24.9. The molecule has 4 nitrogen and oxygen atoms in total. The Morgan fingerprint density at radius 1 is 0.923 bits per heavy atom. The minimum atomic E-state index is 0.215. The number of hydrogen-bond donors (Lipinski definition) is 3. The van der Waals surface area contributed by atoms with E-state index in [1.165, 1.54) is 78.9 Å². The van der Waals surface area contributed by atoms with E-state index in [0.717, 1.165) is 37.0 Å². The molecule has 1 fully saturated rings. The zero-order chi connectivity index (χ0) is 27.8. The molecular formula is C35H50N4. The van der Waals surface area contributed by atoms with Crippen LogP contribution in [0.3, 0.4) is 0 Å². The molecule has 2 heterocycles. The van der Waals surface area contributed by atoms with E-state index in [1.807, 2.05) is 18.5 Å². The fourth-order valence-corrected chi connectivity index (χ4v) is 5.68. The zero-order valence-electron chi connectivity index (χ0n) is 24.9. The van der Waals surface area contributed by atoms with Crippen molar-refractivity contribution < 1.29 is 0 Å². The van der Waals surface area contributed by atoms with Crippen LogP contribution in [0.15, 0.2) is 72.4 Å². The molecule has 4 rings (SSSR count). The van der Waals surface area contributed by atoms with Crippen LogP contribution < -0.4 is 10.6 Å². The summed E-state index contributed by atoms with van der Waals surface area (Å²) >= 11 is 0. The molecule has 0 saturated heterocycles. The molecule has 1 aliphatic rings. The molecule has 4 heteroatoms. The highest BCUT2D eigenvalue weighted by molar-refractivity contribution is 6.06. The Morgan fingerprint density at radius 3 is 2.41 bits per heavy atom. The molecule has 2 aromatic heterocycles. The van der Waals surface area contributed by atoms with E-state index in [-0.39, 0.29) is 5.41 Å². The maximum absolute atomic E-state index is 4.35. The van der Waals surface area contributed by atoms with Gasteiger partial charge >= 0.3 is 0 Å². The molecule has 1 aliphatic carbocycles. The second kappa shape index (κ2) is 13.4. The highest BCUT2D eigenvalue weighted by atomic mass is 14.9. The first-order chi connectivity index (χ1) is 18.7. The van der Waals surface area contributed by atoms with E-state index in [2.05, 4.69) is 79.7 Å². The van der Waals surface area contributed by atoms with Crippen molar-refractivity contribution in [2.45, 2.75) is 104 Å². The Bertz CT molecular complexity index is 1300. The molecular weight excluding hydrogens is 476 g/mol.